The summed E-state index contributed by atoms with van der Waals surface area (Å²) in [5.74, 6) is -0.0976. The number of hydrogen-bond donors (Lipinski definition) is 3. The van der Waals surface area contributed by atoms with Crippen LogP contribution in [0.25, 0.3) is 0 Å². The fourth-order valence-electron chi connectivity index (χ4n) is 3.82. The van der Waals surface area contributed by atoms with Gasteiger partial charge >= 0.3 is 0 Å². The van der Waals surface area contributed by atoms with E-state index < -0.39 is 23.1 Å². The van der Waals surface area contributed by atoms with E-state index in [-0.39, 0.29) is 29.7 Å². The van der Waals surface area contributed by atoms with Crippen LogP contribution in [0.4, 0.5) is 0 Å². The number of aliphatic hydroxyl groups is 3. The number of ether oxygens (including phenoxy) is 2. The van der Waals surface area contributed by atoms with Crippen molar-refractivity contribution in [3.8, 4) is 11.5 Å². The minimum absolute atomic E-state index is 0.0865. The van der Waals surface area contributed by atoms with Gasteiger partial charge in [0.25, 0.3) is 0 Å². The van der Waals surface area contributed by atoms with Gasteiger partial charge in [-0.1, -0.05) is 12.8 Å². The fraction of sp³-hybridized carbons (Fsp3) is 0.562. The Bertz CT molecular complexity index is 627. The fourth-order valence-corrected chi connectivity index (χ4v) is 3.82. The lowest BCUT2D eigenvalue weighted by molar-refractivity contribution is -0.221. The summed E-state index contributed by atoms with van der Waals surface area (Å²) in [6.45, 7) is 0. The van der Waals surface area contributed by atoms with Crippen molar-refractivity contribution in [3.05, 3.63) is 23.3 Å². The molecule has 0 aliphatic heterocycles. The van der Waals surface area contributed by atoms with Crippen LogP contribution in [0.5, 0.6) is 11.5 Å². The van der Waals surface area contributed by atoms with Crippen LogP contribution >= 0.6 is 0 Å². The highest BCUT2D eigenvalue weighted by molar-refractivity contribution is 6.06. The molecule has 6 heteroatoms. The molecular formula is C16H20O6. The number of ketones is 1. The second-order valence-electron chi connectivity index (χ2n) is 5.98. The molecule has 0 unspecified atom stereocenters. The number of Topliss-reactive ketones (excluding diaryl/α,β-unsaturated/α-hetero) is 1. The summed E-state index contributed by atoms with van der Waals surface area (Å²) in [4.78, 5) is 12.6. The van der Waals surface area contributed by atoms with Crippen LogP contribution in [0.3, 0.4) is 0 Å². The molecule has 6 nitrogen and oxygen atoms in total. The van der Waals surface area contributed by atoms with E-state index in [1.54, 1.807) is 12.1 Å². The molecule has 2 aliphatic carbocycles. The van der Waals surface area contributed by atoms with E-state index in [4.69, 9.17) is 9.47 Å². The van der Waals surface area contributed by atoms with Gasteiger partial charge in [-0.3, -0.25) is 4.79 Å². The first-order valence-corrected chi connectivity index (χ1v) is 7.33. The Morgan fingerprint density at radius 1 is 1.09 bits per heavy atom. The van der Waals surface area contributed by atoms with Crippen LogP contribution < -0.4 is 9.47 Å². The molecule has 0 spiro atoms. The highest BCUT2D eigenvalue weighted by Crippen LogP contribution is 2.55. The first kappa shape index (κ1) is 15.3. The molecule has 2 aliphatic rings. The van der Waals surface area contributed by atoms with Crippen molar-refractivity contribution < 1.29 is 29.6 Å². The monoisotopic (exact) mass is 308 g/mol. The molecule has 1 aromatic rings. The molecule has 1 aromatic carbocycles. The zero-order valence-corrected chi connectivity index (χ0v) is 12.6. The van der Waals surface area contributed by atoms with Crippen molar-refractivity contribution in [2.45, 2.75) is 43.0 Å². The van der Waals surface area contributed by atoms with Gasteiger partial charge in [-0.2, -0.15) is 0 Å². The Morgan fingerprint density at radius 3 is 2.32 bits per heavy atom. The number of hydrogen-bond acceptors (Lipinski definition) is 6. The van der Waals surface area contributed by atoms with E-state index in [0.29, 0.717) is 18.6 Å². The van der Waals surface area contributed by atoms with E-state index in [9.17, 15) is 20.1 Å². The summed E-state index contributed by atoms with van der Waals surface area (Å²) >= 11 is 0. The molecular weight excluding hydrogens is 288 g/mol. The van der Waals surface area contributed by atoms with Gasteiger partial charge in [-0.25, -0.2) is 0 Å². The Hall–Kier alpha value is -1.63. The predicted octanol–water partition coefficient (Wildman–Crippen LogP) is 0.754. The quantitative estimate of drug-likeness (QED) is 0.746. The average Bonchev–Trinajstić information content (AvgIpc) is 2.53. The summed E-state index contributed by atoms with van der Waals surface area (Å²) in [6.07, 6.45) is 0.0107. The van der Waals surface area contributed by atoms with Crippen LogP contribution in [0.15, 0.2) is 12.1 Å². The van der Waals surface area contributed by atoms with Crippen LogP contribution in [0.2, 0.25) is 0 Å². The first-order valence-electron chi connectivity index (χ1n) is 7.33. The van der Waals surface area contributed by atoms with Gasteiger partial charge in [0.2, 0.25) is 0 Å². The largest absolute Gasteiger partial charge is 0.496 e. The third kappa shape index (κ3) is 1.68. The molecule has 0 saturated heterocycles. The van der Waals surface area contributed by atoms with Gasteiger partial charge in [-0.15, -0.1) is 0 Å². The van der Waals surface area contributed by atoms with E-state index >= 15 is 0 Å². The average molecular weight is 308 g/mol. The third-order valence-corrected chi connectivity index (χ3v) is 4.99. The summed E-state index contributed by atoms with van der Waals surface area (Å²) in [6, 6.07) is 3.15. The van der Waals surface area contributed by atoms with Gasteiger partial charge < -0.3 is 24.8 Å². The number of carbonyl (C=O) groups excluding carboxylic acids is 1. The Labute approximate surface area is 128 Å². The summed E-state index contributed by atoms with van der Waals surface area (Å²) in [5, 5.41) is 32.5. The van der Waals surface area contributed by atoms with Crippen LogP contribution in [0.1, 0.15) is 41.6 Å². The zero-order valence-electron chi connectivity index (χ0n) is 12.6. The van der Waals surface area contributed by atoms with E-state index in [1.165, 1.54) is 14.2 Å². The number of carbonyl (C=O) groups is 1. The second kappa shape index (κ2) is 4.94. The lowest BCUT2D eigenvalue weighted by Crippen LogP contribution is -2.66. The van der Waals surface area contributed by atoms with Gasteiger partial charge in [0.05, 0.1) is 19.8 Å². The SMILES string of the molecule is COc1ccc(OC)c2c1C(=O)[C@@H](O)[C@]1(O)CCCC[C@]21O. The number of fused-ring (bicyclic) bond motifs is 3. The highest BCUT2D eigenvalue weighted by Gasteiger charge is 2.63. The standard InChI is InChI=1S/C16H20O6/c1-21-9-5-6-10(22-2)12-11(9)13(17)14(18)16(20)8-4-3-7-15(12,16)19/h5-6,14,18-20H,3-4,7-8H2,1-2H3/t14-,15+,16-/m1/s1. The predicted molar refractivity (Wildman–Crippen MR) is 77.2 cm³/mol. The molecule has 0 heterocycles. The van der Waals surface area contributed by atoms with E-state index in [0.717, 1.165) is 0 Å². The number of aliphatic hydroxyl groups excluding tert-OH is 1. The first-order chi connectivity index (χ1) is 10.4. The van der Waals surface area contributed by atoms with Crippen molar-refractivity contribution >= 4 is 5.78 Å². The van der Waals surface area contributed by atoms with Crippen molar-refractivity contribution in [3.63, 3.8) is 0 Å². The van der Waals surface area contributed by atoms with Crippen molar-refractivity contribution in [2.24, 2.45) is 0 Å². The molecule has 0 amide bonds. The highest BCUT2D eigenvalue weighted by atomic mass is 16.5. The molecule has 22 heavy (non-hydrogen) atoms. The van der Waals surface area contributed by atoms with Crippen molar-refractivity contribution in [2.75, 3.05) is 14.2 Å². The number of methoxy groups -OCH3 is 2. The maximum absolute atomic E-state index is 12.6. The van der Waals surface area contributed by atoms with Gasteiger partial charge in [0.1, 0.15) is 28.8 Å². The molecule has 0 bridgehead atoms. The van der Waals surface area contributed by atoms with E-state index in [2.05, 4.69) is 0 Å². The topological polar surface area (TPSA) is 96.2 Å². The summed E-state index contributed by atoms with van der Waals surface area (Å²) < 4.78 is 10.5. The minimum Gasteiger partial charge on any atom is -0.496 e. The molecule has 0 aromatic heterocycles. The second-order valence-corrected chi connectivity index (χ2v) is 5.98. The maximum atomic E-state index is 12.6. The Morgan fingerprint density at radius 2 is 1.68 bits per heavy atom. The molecule has 3 N–H and O–H groups in total. The Kier molecular flexibility index (Phi) is 3.43. The molecule has 120 valence electrons. The number of rotatable bonds is 2. The lowest BCUT2D eigenvalue weighted by Gasteiger charge is -2.52. The maximum Gasteiger partial charge on any atom is 0.198 e. The van der Waals surface area contributed by atoms with Crippen molar-refractivity contribution in [1.29, 1.82) is 0 Å². The minimum atomic E-state index is -1.91. The molecule has 1 saturated carbocycles. The van der Waals surface area contributed by atoms with Crippen LogP contribution in [-0.2, 0) is 5.60 Å². The van der Waals surface area contributed by atoms with Crippen molar-refractivity contribution in [1.82, 2.24) is 0 Å². The van der Waals surface area contributed by atoms with Crippen LogP contribution in [-0.4, -0.2) is 47.0 Å². The molecule has 0 radical (unpaired) electrons. The Balaban J connectivity index is 2.37. The lowest BCUT2D eigenvalue weighted by atomic mass is 9.59. The van der Waals surface area contributed by atoms with Gasteiger partial charge in [-0.05, 0) is 25.0 Å². The van der Waals surface area contributed by atoms with Gasteiger partial charge in [0, 0.05) is 5.56 Å². The third-order valence-electron chi connectivity index (χ3n) is 4.99. The van der Waals surface area contributed by atoms with Gasteiger partial charge in [0.15, 0.2) is 5.78 Å². The molecule has 3 atom stereocenters. The normalized spacial score (nSPS) is 33.9. The zero-order chi connectivity index (χ0) is 16.1. The van der Waals surface area contributed by atoms with Crippen LogP contribution in [0, 0.1) is 0 Å². The van der Waals surface area contributed by atoms with E-state index in [1.807, 2.05) is 0 Å². The summed E-state index contributed by atoms with van der Waals surface area (Å²) in [5.41, 5.74) is -3.35. The molecule has 1 fully saturated rings. The smallest absolute Gasteiger partial charge is 0.198 e. The molecule has 3 rings (SSSR count). The summed E-state index contributed by atoms with van der Waals surface area (Å²) in [7, 11) is 2.84. The number of benzene rings is 1.